The Labute approximate surface area is 78.6 Å². The van der Waals surface area contributed by atoms with Crippen molar-refractivity contribution < 1.29 is 8.42 Å². The van der Waals surface area contributed by atoms with E-state index in [2.05, 4.69) is 0 Å². The molecule has 1 aromatic carbocycles. The Balaban J connectivity index is 2.72. The van der Waals surface area contributed by atoms with Crippen LogP contribution in [0.3, 0.4) is 0 Å². The van der Waals surface area contributed by atoms with Crippen molar-refractivity contribution in [1.29, 1.82) is 0 Å². The van der Waals surface area contributed by atoms with Crippen molar-refractivity contribution in [3.8, 4) is 0 Å². The highest BCUT2D eigenvalue weighted by Crippen LogP contribution is 2.06. The minimum absolute atomic E-state index is 0.472. The molecule has 1 atom stereocenters. The van der Waals surface area contributed by atoms with Crippen LogP contribution in [0.4, 0.5) is 0 Å². The number of hydrogen-bond acceptors (Lipinski definition) is 2. The molecule has 0 saturated heterocycles. The van der Waals surface area contributed by atoms with E-state index < -0.39 is 15.3 Å². The van der Waals surface area contributed by atoms with Gasteiger partial charge in [-0.1, -0.05) is 30.3 Å². The summed E-state index contributed by atoms with van der Waals surface area (Å²) in [6.07, 6.45) is 0.472. The van der Waals surface area contributed by atoms with Gasteiger partial charge in [0.15, 0.2) is 0 Å². The summed E-state index contributed by atoms with van der Waals surface area (Å²) in [6, 6.07) is 9.44. The molecule has 4 heteroatoms. The maximum absolute atomic E-state index is 10.9. The van der Waals surface area contributed by atoms with E-state index in [1.165, 1.54) is 0 Å². The number of hydrogen-bond donors (Lipinski definition) is 1. The molecule has 0 bridgehead atoms. The Kier molecular flexibility index (Phi) is 3.06. The van der Waals surface area contributed by atoms with Crippen LogP contribution in [0.5, 0.6) is 0 Å². The van der Waals surface area contributed by atoms with Crippen molar-refractivity contribution >= 4 is 10.0 Å². The van der Waals surface area contributed by atoms with Crippen LogP contribution in [0.25, 0.3) is 0 Å². The van der Waals surface area contributed by atoms with Crippen molar-refractivity contribution in [2.45, 2.75) is 18.6 Å². The molecule has 1 aromatic rings. The van der Waals surface area contributed by atoms with Gasteiger partial charge in [-0.3, -0.25) is 0 Å². The lowest BCUT2D eigenvalue weighted by molar-refractivity contribution is 0.584. The fourth-order valence-corrected chi connectivity index (χ4v) is 1.49. The summed E-state index contributed by atoms with van der Waals surface area (Å²) in [5.41, 5.74) is 0.990. The van der Waals surface area contributed by atoms with E-state index in [1.54, 1.807) is 6.92 Å². The second-order valence-electron chi connectivity index (χ2n) is 3.09. The van der Waals surface area contributed by atoms with Crippen molar-refractivity contribution in [1.82, 2.24) is 0 Å². The quantitative estimate of drug-likeness (QED) is 0.786. The lowest BCUT2D eigenvalue weighted by Crippen LogP contribution is -2.27. The van der Waals surface area contributed by atoms with Gasteiger partial charge in [-0.2, -0.15) is 0 Å². The minimum Gasteiger partial charge on any atom is -0.228 e. The Morgan fingerprint density at radius 2 is 1.85 bits per heavy atom. The van der Waals surface area contributed by atoms with E-state index in [4.69, 9.17) is 5.14 Å². The summed E-state index contributed by atoms with van der Waals surface area (Å²) >= 11 is 0. The second-order valence-corrected chi connectivity index (χ2v) is 5.07. The monoisotopic (exact) mass is 199 g/mol. The normalized spacial score (nSPS) is 14.0. The SMILES string of the molecule is C[C@@H](Cc1ccccc1)S(N)(=O)=O. The molecule has 0 radical (unpaired) electrons. The van der Waals surface area contributed by atoms with Gasteiger partial charge in [-0.05, 0) is 18.9 Å². The third kappa shape index (κ3) is 3.16. The zero-order chi connectivity index (χ0) is 9.90. The van der Waals surface area contributed by atoms with E-state index >= 15 is 0 Å². The van der Waals surface area contributed by atoms with Gasteiger partial charge in [0.25, 0.3) is 0 Å². The van der Waals surface area contributed by atoms with Crippen LogP contribution in [0, 0.1) is 0 Å². The molecular formula is C9H13NO2S. The first-order valence-electron chi connectivity index (χ1n) is 4.05. The van der Waals surface area contributed by atoms with E-state index in [-0.39, 0.29) is 0 Å². The molecule has 0 unspecified atom stereocenters. The average molecular weight is 199 g/mol. The van der Waals surface area contributed by atoms with Gasteiger partial charge in [0.2, 0.25) is 10.0 Å². The van der Waals surface area contributed by atoms with Gasteiger partial charge >= 0.3 is 0 Å². The number of rotatable bonds is 3. The van der Waals surface area contributed by atoms with Gasteiger partial charge < -0.3 is 0 Å². The molecule has 2 N–H and O–H groups in total. The molecule has 72 valence electrons. The van der Waals surface area contributed by atoms with Crippen LogP contribution < -0.4 is 5.14 Å². The molecule has 0 saturated carbocycles. The highest BCUT2D eigenvalue weighted by atomic mass is 32.2. The van der Waals surface area contributed by atoms with Crippen molar-refractivity contribution in [2.24, 2.45) is 5.14 Å². The number of sulfonamides is 1. The van der Waals surface area contributed by atoms with Crippen molar-refractivity contribution in [3.63, 3.8) is 0 Å². The van der Waals surface area contributed by atoms with Crippen LogP contribution in [-0.4, -0.2) is 13.7 Å². The zero-order valence-electron chi connectivity index (χ0n) is 7.47. The molecule has 3 nitrogen and oxygen atoms in total. The summed E-state index contributed by atoms with van der Waals surface area (Å²) in [7, 11) is -3.40. The molecule has 0 aliphatic rings. The van der Waals surface area contributed by atoms with Gasteiger partial charge in [0.05, 0.1) is 5.25 Å². The maximum Gasteiger partial charge on any atom is 0.212 e. The smallest absolute Gasteiger partial charge is 0.212 e. The van der Waals surface area contributed by atoms with E-state index in [0.717, 1.165) is 5.56 Å². The Bertz CT molecular complexity index is 358. The molecule has 0 aromatic heterocycles. The Morgan fingerprint density at radius 3 is 2.31 bits per heavy atom. The standard InChI is InChI=1S/C9H13NO2S/c1-8(13(10,11)12)7-9-5-3-2-4-6-9/h2-6,8H,7H2,1H3,(H2,10,11,12)/t8-/m0/s1. The second kappa shape index (κ2) is 3.89. The summed E-state index contributed by atoms with van der Waals surface area (Å²) in [5.74, 6) is 0. The molecular weight excluding hydrogens is 186 g/mol. The lowest BCUT2D eigenvalue weighted by atomic mass is 10.1. The van der Waals surface area contributed by atoms with Crippen LogP contribution in [0.15, 0.2) is 30.3 Å². The van der Waals surface area contributed by atoms with E-state index in [0.29, 0.717) is 6.42 Å². The molecule has 0 spiro atoms. The molecule has 0 fully saturated rings. The fourth-order valence-electron chi connectivity index (χ4n) is 1.06. The van der Waals surface area contributed by atoms with Crippen LogP contribution >= 0.6 is 0 Å². The average Bonchev–Trinajstić information content (AvgIpc) is 2.04. The first-order chi connectivity index (χ1) is 6.00. The van der Waals surface area contributed by atoms with Crippen LogP contribution in [-0.2, 0) is 16.4 Å². The van der Waals surface area contributed by atoms with E-state index in [1.807, 2.05) is 30.3 Å². The van der Waals surface area contributed by atoms with Crippen LogP contribution in [0.2, 0.25) is 0 Å². The van der Waals surface area contributed by atoms with Crippen molar-refractivity contribution in [2.75, 3.05) is 0 Å². The van der Waals surface area contributed by atoms with Gasteiger partial charge in [0, 0.05) is 0 Å². The molecule has 0 aliphatic heterocycles. The predicted octanol–water partition coefficient (Wildman–Crippen LogP) is 0.906. The molecule has 13 heavy (non-hydrogen) atoms. The number of nitrogens with two attached hydrogens (primary N) is 1. The largest absolute Gasteiger partial charge is 0.228 e. The summed E-state index contributed by atoms with van der Waals surface area (Å²) < 4.78 is 21.8. The van der Waals surface area contributed by atoms with E-state index in [9.17, 15) is 8.42 Å². The van der Waals surface area contributed by atoms with Gasteiger partial charge in [-0.15, -0.1) is 0 Å². The highest BCUT2D eigenvalue weighted by Gasteiger charge is 2.15. The Hall–Kier alpha value is -0.870. The third-order valence-electron chi connectivity index (χ3n) is 1.93. The maximum atomic E-state index is 10.9. The number of primary sulfonamides is 1. The fraction of sp³-hybridized carbons (Fsp3) is 0.333. The van der Waals surface area contributed by atoms with Crippen LogP contribution in [0.1, 0.15) is 12.5 Å². The first-order valence-corrected chi connectivity index (χ1v) is 5.66. The number of benzene rings is 1. The molecule has 0 amide bonds. The molecule has 1 rings (SSSR count). The first kappa shape index (κ1) is 10.2. The molecule has 0 aliphatic carbocycles. The lowest BCUT2D eigenvalue weighted by Gasteiger charge is -2.07. The topological polar surface area (TPSA) is 60.2 Å². The minimum atomic E-state index is -3.40. The summed E-state index contributed by atoms with van der Waals surface area (Å²) in [6.45, 7) is 1.61. The summed E-state index contributed by atoms with van der Waals surface area (Å²) in [4.78, 5) is 0. The highest BCUT2D eigenvalue weighted by molar-refractivity contribution is 7.89. The zero-order valence-corrected chi connectivity index (χ0v) is 8.29. The predicted molar refractivity (Wildman–Crippen MR) is 52.7 cm³/mol. The van der Waals surface area contributed by atoms with Gasteiger partial charge in [-0.25, -0.2) is 13.6 Å². The van der Waals surface area contributed by atoms with Gasteiger partial charge in [0.1, 0.15) is 0 Å². The summed E-state index contributed by atoms with van der Waals surface area (Å²) in [5, 5.41) is 4.48. The molecule has 0 heterocycles. The Morgan fingerprint density at radius 1 is 1.31 bits per heavy atom. The third-order valence-corrected chi connectivity index (χ3v) is 3.22. The van der Waals surface area contributed by atoms with Crippen molar-refractivity contribution in [3.05, 3.63) is 35.9 Å².